The van der Waals surface area contributed by atoms with Gasteiger partial charge in [-0.05, 0) is 37.5 Å². The number of alkyl halides is 1. The molecule has 100 valence electrons. The second-order valence-electron chi connectivity index (χ2n) is 4.84. The third kappa shape index (κ3) is 2.78. The highest BCUT2D eigenvalue weighted by Gasteiger charge is 2.26. The number of anilines is 1. The Bertz CT molecular complexity index is 413. The lowest BCUT2D eigenvalue weighted by molar-refractivity contribution is 0.0719. The average Bonchev–Trinajstić information content (AvgIpc) is 2.39. The Morgan fingerprint density at radius 2 is 2.28 bits per heavy atom. The third-order valence-corrected chi connectivity index (χ3v) is 3.95. The molecule has 0 saturated carbocycles. The zero-order chi connectivity index (χ0) is 13.1. The molecule has 2 nitrogen and oxygen atoms in total. The van der Waals surface area contributed by atoms with Gasteiger partial charge < -0.3 is 9.64 Å². The fraction of sp³-hybridized carbons (Fsp3) is 0.571. The summed E-state index contributed by atoms with van der Waals surface area (Å²) in [6.07, 6.45) is 2.17. The molecule has 2 unspecified atom stereocenters. The zero-order valence-corrected chi connectivity index (χ0v) is 11.6. The van der Waals surface area contributed by atoms with E-state index >= 15 is 0 Å². The lowest BCUT2D eigenvalue weighted by Crippen LogP contribution is -2.43. The molecule has 4 heteroatoms. The molecule has 1 saturated heterocycles. The van der Waals surface area contributed by atoms with E-state index in [2.05, 4.69) is 11.8 Å². The molecule has 1 fully saturated rings. The van der Waals surface area contributed by atoms with E-state index in [0.717, 1.165) is 24.9 Å². The highest BCUT2D eigenvalue weighted by molar-refractivity contribution is 6.17. The van der Waals surface area contributed by atoms with Gasteiger partial charge in [0.25, 0.3) is 0 Å². The number of benzene rings is 1. The van der Waals surface area contributed by atoms with Crippen LogP contribution in [0.25, 0.3) is 0 Å². The maximum absolute atomic E-state index is 14.0. The molecule has 0 radical (unpaired) electrons. The van der Waals surface area contributed by atoms with Crippen molar-refractivity contribution >= 4 is 17.3 Å². The number of hydrogen-bond donors (Lipinski definition) is 0. The van der Waals surface area contributed by atoms with Crippen molar-refractivity contribution in [1.29, 1.82) is 0 Å². The maximum Gasteiger partial charge on any atom is 0.146 e. The second kappa shape index (κ2) is 5.89. The molecule has 0 amide bonds. The summed E-state index contributed by atoms with van der Waals surface area (Å²) in [5.74, 6) is 0.161. The van der Waals surface area contributed by atoms with E-state index in [4.69, 9.17) is 16.3 Å². The van der Waals surface area contributed by atoms with Crippen LogP contribution in [0.3, 0.4) is 0 Å². The Balaban J connectivity index is 2.16. The van der Waals surface area contributed by atoms with Gasteiger partial charge in [0.2, 0.25) is 0 Å². The Hall–Kier alpha value is -0.800. The molecule has 1 aliphatic rings. The van der Waals surface area contributed by atoms with Crippen LogP contribution in [-0.2, 0) is 10.6 Å². The molecule has 2 atom stereocenters. The van der Waals surface area contributed by atoms with Crippen LogP contribution in [0.4, 0.5) is 10.1 Å². The van der Waals surface area contributed by atoms with Gasteiger partial charge in [-0.25, -0.2) is 4.39 Å². The Morgan fingerprint density at radius 1 is 1.50 bits per heavy atom. The van der Waals surface area contributed by atoms with E-state index in [1.54, 1.807) is 7.11 Å². The van der Waals surface area contributed by atoms with Crippen LogP contribution in [-0.4, -0.2) is 25.8 Å². The molecule has 1 aliphatic heterocycles. The summed E-state index contributed by atoms with van der Waals surface area (Å²) in [5, 5.41) is 0. The highest BCUT2D eigenvalue weighted by Crippen LogP contribution is 2.28. The molecule has 18 heavy (non-hydrogen) atoms. The Kier molecular flexibility index (Phi) is 4.46. The molecule has 0 aromatic heterocycles. The number of halogens is 2. The van der Waals surface area contributed by atoms with Crippen LogP contribution in [0.5, 0.6) is 0 Å². The maximum atomic E-state index is 14.0. The summed E-state index contributed by atoms with van der Waals surface area (Å²) >= 11 is 5.71. The van der Waals surface area contributed by atoms with E-state index in [0.29, 0.717) is 23.7 Å². The van der Waals surface area contributed by atoms with E-state index in [-0.39, 0.29) is 5.82 Å². The number of hydrogen-bond acceptors (Lipinski definition) is 2. The van der Waals surface area contributed by atoms with E-state index in [1.807, 2.05) is 12.1 Å². The molecular weight excluding hydrogens is 253 g/mol. The van der Waals surface area contributed by atoms with Crippen molar-refractivity contribution in [3.63, 3.8) is 0 Å². The van der Waals surface area contributed by atoms with Gasteiger partial charge in [0.1, 0.15) is 5.82 Å². The topological polar surface area (TPSA) is 12.5 Å². The smallest absolute Gasteiger partial charge is 0.146 e. The molecule has 0 spiro atoms. The Morgan fingerprint density at radius 3 is 2.83 bits per heavy atom. The lowest BCUT2D eigenvalue weighted by atomic mass is 9.99. The molecule has 0 aliphatic carbocycles. The number of methoxy groups -OCH3 is 1. The van der Waals surface area contributed by atoms with Crippen molar-refractivity contribution in [2.45, 2.75) is 37.8 Å². The normalized spacial score (nSPS) is 24.3. The van der Waals surface area contributed by atoms with Crippen LogP contribution in [0, 0.1) is 5.82 Å². The van der Waals surface area contributed by atoms with Gasteiger partial charge in [0.05, 0.1) is 11.8 Å². The monoisotopic (exact) mass is 271 g/mol. The second-order valence-corrected chi connectivity index (χ2v) is 5.11. The average molecular weight is 272 g/mol. The van der Waals surface area contributed by atoms with Crippen LogP contribution < -0.4 is 4.90 Å². The van der Waals surface area contributed by atoms with Crippen LogP contribution in [0.1, 0.15) is 25.3 Å². The third-order valence-electron chi connectivity index (χ3n) is 3.64. The van der Waals surface area contributed by atoms with Gasteiger partial charge in [-0.2, -0.15) is 0 Å². The molecule has 0 bridgehead atoms. The highest BCUT2D eigenvalue weighted by atomic mass is 35.5. The van der Waals surface area contributed by atoms with Crippen molar-refractivity contribution in [2.75, 3.05) is 18.6 Å². The first-order valence-corrected chi connectivity index (χ1v) is 6.83. The molecule has 1 aromatic carbocycles. The van der Waals surface area contributed by atoms with Crippen molar-refractivity contribution in [3.05, 3.63) is 29.6 Å². The van der Waals surface area contributed by atoms with E-state index in [1.165, 1.54) is 6.07 Å². The zero-order valence-electron chi connectivity index (χ0n) is 10.8. The molecule has 1 aromatic rings. The Labute approximate surface area is 113 Å². The fourth-order valence-corrected chi connectivity index (χ4v) is 2.73. The van der Waals surface area contributed by atoms with Crippen LogP contribution in [0.15, 0.2) is 18.2 Å². The van der Waals surface area contributed by atoms with E-state index < -0.39 is 0 Å². The van der Waals surface area contributed by atoms with Gasteiger partial charge >= 0.3 is 0 Å². The van der Waals surface area contributed by atoms with Gasteiger partial charge in [-0.3, -0.25) is 0 Å². The number of ether oxygens (including phenoxy) is 1. The molecule has 2 rings (SSSR count). The van der Waals surface area contributed by atoms with Crippen LogP contribution in [0.2, 0.25) is 0 Å². The van der Waals surface area contributed by atoms with Crippen molar-refractivity contribution in [1.82, 2.24) is 0 Å². The van der Waals surface area contributed by atoms with Crippen molar-refractivity contribution in [2.24, 2.45) is 0 Å². The van der Waals surface area contributed by atoms with Gasteiger partial charge in [0, 0.05) is 25.6 Å². The fourth-order valence-electron chi connectivity index (χ4n) is 2.57. The van der Waals surface area contributed by atoms with Crippen molar-refractivity contribution < 1.29 is 9.13 Å². The molecule has 0 N–H and O–H groups in total. The van der Waals surface area contributed by atoms with E-state index in [9.17, 15) is 4.39 Å². The number of nitrogens with zero attached hydrogens (tertiary/aromatic N) is 1. The summed E-state index contributed by atoms with van der Waals surface area (Å²) in [7, 11) is 1.74. The standard InChI is InChI=1S/C14H19ClFNO/c1-10-7-12(18-2)5-6-17(10)14-4-3-11(9-15)8-13(14)16/h3-4,8,10,12H,5-7,9H2,1-2H3. The summed E-state index contributed by atoms with van der Waals surface area (Å²) in [6.45, 7) is 2.94. The minimum Gasteiger partial charge on any atom is -0.381 e. The minimum absolute atomic E-state index is 0.184. The summed E-state index contributed by atoms with van der Waals surface area (Å²) < 4.78 is 19.4. The van der Waals surface area contributed by atoms with Crippen molar-refractivity contribution in [3.8, 4) is 0 Å². The van der Waals surface area contributed by atoms with Crippen LogP contribution >= 0.6 is 11.6 Å². The van der Waals surface area contributed by atoms with Gasteiger partial charge in [-0.1, -0.05) is 6.07 Å². The first kappa shape index (κ1) is 13.6. The largest absolute Gasteiger partial charge is 0.381 e. The first-order valence-electron chi connectivity index (χ1n) is 6.29. The molecular formula is C14H19ClFNO. The quantitative estimate of drug-likeness (QED) is 0.780. The summed E-state index contributed by atoms with van der Waals surface area (Å²) in [6, 6.07) is 5.54. The minimum atomic E-state index is -0.184. The molecule has 1 heterocycles. The summed E-state index contributed by atoms with van der Waals surface area (Å²) in [5.41, 5.74) is 1.49. The predicted molar refractivity (Wildman–Crippen MR) is 72.8 cm³/mol. The lowest BCUT2D eigenvalue weighted by Gasteiger charge is -2.39. The predicted octanol–water partition coefficient (Wildman–Crippen LogP) is 3.57. The SMILES string of the molecule is COC1CCN(c2ccc(CCl)cc2F)C(C)C1. The number of piperidine rings is 1. The number of rotatable bonds is 3. The summed E-state index contributed by atoms with van der Waals surface area (Å²) in [4.78, 5) is 2.11. The van der Waals surface area contributed by atoms with Gasteiger partial charge in [0.15, 0.2) is 0 Å². The first-order chi connectivity index (χ1) is 8.65. The van der Waals surface area contributed by atoms with Gasteiger partial charge in [-0.15, -0.1) is 11.6 Å².